The molecule has 94 valence electrons. The van der Waals surface area contributed by atoms with Crippen molar-refractivity contribution in [1.29, 1.82) is 0 Å². The Morgan fingerprint density at radius 1 is 1.12 bits per heavy atom. The SMILES string of the molecule is CC1=CN([Si](C)(C)C)C([Si](C)(C)C)CN1C. The molecule has 1 rings (SSSR count). The van der Waals surface area contributed by atoms with Crippen molar-refractivity contribution in [3.63, 3.8) is 0 Å². The van der Waals surface area contributed by atoms with Crippen molar-refractivity contribution in [2.24, 2.45) is 0 Å². The van der Waals surface area contributed by atoms with Crippen molar-refractivity contribution in [3.05, 3.63) is 11.9 Å². The van der Waals surface area contributed by atoms with Gasteiger partial charge in [0.1, 0.15) is 8.24 Å². The number of hydrogen-bond acceptors (Lipinski definition) is 2. The van der Waals surface area contributed by atoms with E-state index in [0.29, 0.717) is 0 Å². The van der Waals surface area contributed by atoms with Crippen LogP contribution in [-0.4, -0.2) is 45.0 Å². The van der Waals surface area contributed by atoms with Gasteiger partial charge in [0.05, 0.1) is 8.07 Å². The van der Waals surface area contributed by atoms with Crippen LogP contribution in [-0.2, 0) is 0 Å². The fraction of sp³-hybridized carbons (Fsp3) is 0.833. The fourth-order valence-corrected chi connectivity index (χ4v) is 7.88. The largest absolute Gasteiger partial charge is 0.400 e. The van der Waals surface area contributed by atoms with Gasteiger partial charge in [-0.15, -0.1) is 0 Å². The summed E-state index contributed by atoms with van der Waals surface area (Å²) in [7, 11) is -0.139. The predicted molar refractivity (Wildman–Crippen MR) is 78.7 cm³/mol. The quantitative estimate of drug-likeness (QED) is 0.700. The predicted octanol–water partition coefficient (Wildman–Crippen LogP) is 3.18. The Labute approximate surface area is 103 Å². The molecule has 0 saturated heterocycles. The van der Waals surface area contributed by atoms with Crippen molar-refractivity contribution in [2.75, 3.05) is 13.6 Å². The topological polar surface area (TPSA) is 6.48 Å². The maximum atomic E-state index is 2.73. The molecular formula is C12H28N2Si2. The van der Waals surface area contributed by atoms with Crippen LogP contribution in [0.2, 0.25) is 39.3 Å². The molecular weight excluding hydrogens is 228 g/mol. The lowest BCUT2D eigenvalue weighted by Crippen LogP contribution is -2.63. The minimum absolute atomic E-state index is 0.771. The lowest BCUT2D eigenvalue weighted by atomic mass is 10.4. The average Bonchev–Trinajstić information content (AvgIpc) is 2.05. The molecule has 0 spiro atoms. The zero-order valence-electron chi connectivity index (χ0n) is 12.3. The third-order valence-corrected chi connectivity index (χ3v) is 8.19. The minimum Gasteiger partial charge on any atom is -0.400 e. The van der Waals surface area contributed by atoms with Gasteiger partial charge in [-0.3, -0.25) is 0 Å². The normalized spacial score (nSPS) is 23.5. The summed E-state index contributed by atoms with van der Waals surface area (Å²) >= 11 is 0. The summed E-state index contributed by atoms with van der Waals surface area (Å²) in [6, 6.07) is 0. The first kappa shape index (κ1) is 13.8. The first-order valence-electron chi connectivity index (χ1n) is 6.21. The third-order valence-electron chi connectivity index (χ3n) is 3.48. The number of allylic oxidation sites excluding steroid dienone is 1. The summed E-state index contributed by atoms with van der Waals surface area (Å²) < 4.78 is 2.73. The van der Waals surface area contributed by atoms with Crippen LogP contribution in [0.5, 0.6) is 0 Å². The molecule has 1 atom stereocenters. The number of nitrogens with zero attached hydrogens (tertiary/aromatic N) is 2. The molecule has 1 aliphatic rings. The van der Waals surface area contributed by atoms with Gasteiger partial charge in [0.25, 0.3) is 0 Å². The van der Waals surface area contributed by atoms with E-state index in [4.69, 9.17) is 0 Å². The second-order valence-electron chi connectivity index (χ2n) is 7.11. The van der Waals surface area contributed by atoms with E-state index in [9.17, 15) is 0 Å². The summed E-state index contributed by atoms with van der Waals surface area (Å²) in [6.07, 6.45) is 2.42. The van der Waals surface area contributed by atoms with Crippen LogP contribution >= 0.6 is 0 Å². The van der Waals surface area contributed by atoms with E-state index >= 15 is 0 Å². The Morgan fingerprint density at radius 3 is 2.00 bits per heavy atom. The Kier molecular flexibility index (Phi) is 3.65. The van der Waals surface area contributed by atoms with E-state index in [2.05, 4.69) is 68.9 Å². The van der Waals surface area contributed by atoms with Gasteiger partial charge in [-0.05, 0) is 6.92 Å². The monoisotopic (exact) mass is 256 g/mol. The van der Waals surface area contributed by atoms with Gasteiger partial charge in [-0.1, -0.05) is 39.3 Å². The van der Waals surface area contributed by atoms with E-state index in [1.807, 2.05) is 0 Å². The standard InChI is InChI=1S/C12H28N2Si2/c1-11-9-14(16(6,7)8)12(10-13(11)2)15(3,4)5/h9,12H,10H2,1-8H3. The van der Waals surface area contributed by atoms with Crippen molar-refractivity contribution in [1.82, 2.24) is 9.47 Å². The Hall–Kier alpha value is -0.226. The van der Waals surface area contributed by atoms with Crippen molar-refractivity contribution < 1.29 is 0 Å². The van der Waals surface area contributed by atoms with E-state index in [-0.39, 0.29) is 0 Å². The Morgan fingerprint density at radius 2 is 1.62 bits per heavy atom. The zero-order chi connectivity index (χ0) is 12.7. The second-order valence-corrected chi connectivity index (χ2v) is 17.4. The highest BCUT2D eigenvalue weighted by atomic mass is 28.3. The molecule has 0 N–H and O–H groups in total. The molecule has 0 aromatic carbocycles. The van der Waals surface area contributed by atoms with Crippen LogP contribution < -0.4 is 0 Å². The molecule has 0 aliphatic carbocycles. The van der Waals surface area contributed by atoms with Crippen LogP contribution in [0.3, 0.4) is 0 Å². The molecule has 0 amide bonds. The summed E-state index contributed by atoms with van der Waals surface area (Å²) in [6.45, 7) is 18.3. The summed E-state index contributed by atoms with van der Waals surface area (Å²) in [5.74, 6) is 0. The van der Waals surface area contributed by atoms with Gasteiger partial charge in [0.15, 0.2) is 0 Å². The zero-order valence-corrected chi connectivity index (χ0v) is 14.3. The lowest BCUT2D eigenvalue weighted by Gasteiger charge is -2.51. The summed E-state index contributed by atoms with van der Waals surface area (Å²) in [5.41, 5.74) is 2.18. The molecule has 0 saturated carbocycles. The molecule has 0 aromatic heterocycles. The fourth-order valence-electron chi connectivity index (χ4n) is 2.23. The average molecular weight is 257 g/mol. The van der Waals surface area contributed by atoms with E-state index in [0.717, 1.165) is 5.67 Å². The van der Waals surface area contributed by atoms with E-state index in [1.54, 1.807) is 0 Å². The van der Waals surface area contributed by atoms with Gasteiger partial charge in [-0.25, -0.2) is 0 Å². The van der Waals surface area contributed by atoms with E-state index in [1.165, 1.54) is 12.2 Å². The minimum atomic E-state index is -1.24. The third kappa shape index (κ3) is 2.91. The van der Waals surface area contributed by atoms with Gasteiger partial charge >= 0.3 is 0 Å². The highest BCUT2D eigenvalue weighted by Gasteiger charge is 2.39. The van der Waals surface area contributed by atoms with Crippen LogP contribution in [0.25, 0.3) is 0 Å². The molecule has 0 radical (unpaired) electrons. The van der Waals surface area contributed by atoms with Gasteiger partial charge in [0, 0.05) is 31.2 Å². The number of likely N-dealkylation sites (N-methyl/N-ethyl adjacent to an activating group) is 1. The van der Waals surface area contributed by atoms with Gasteiger partial charge < -0.3 is 9.47 Å². The van der Waals surface area contributed by atoms with Crippen LogP contribution in [0.1, 0.15) is 6.92 Å². The molecule has 0 aromatic rings. The highest BCUT2D eigenvalue weighted by molar-refractivity contribution is 6.81. The lowest BCUT2D eigenvalue weighted by molar-refractivity contribution is 0.304. The van der Waals surface area contributed by atoms with E-state index < -0.39 is 16.3 Å². The maximum absolute atomic E-state index is 2.73. The molecule has 0 bridgehead atoms. The molecule has 1 aliphatic heterocycles. The van der Waals surface area contributed by atoms with Crippen molar-refractivity contribution in [3.8, 4) is 0 Å². The summed E-state index contributed by atoms with van der Waals surface area (Å²) in [5, 5.41) is 0. The highest BCUT2D eigenvalue weighted by Crippen LogP contribution is 2.27. The second kappa shape index (κ2) is 4.22. The maximum Gasteiger partial charge on any atom is 0.146 e. The molecule has 1 unspecified atom stereocenters. The Bertz CT molecular complexity index is 286. The number of hydrogen-bond donors (Lipinski definition) is 0. The van der Waals surface area contributed by atoms with Gasteiger partial charge in [0.2, 0.25) is 0 Å². The summed E-state index contributed by atoms with van der Waals surface area (Å²) in [4.78, 5) is 2.42. The molecule has 4 heteroatoms. The van der Waals surface area contributed by atoms with Crippen LogP contribution in [0.15, 0.2) is 11.9 Å². The number of rotatable bonds is 2. The van der Waals surface area contributed by atoms with Crippen molar-refractivity contribution >= 4 is 16.3 Å². The molecule has 2 nitrogen and oxygen atoms in total. The molecule has 16 heavy (non-hydrogen) atoms. The first-order chi connectivity index (χ1) is 7.03. The Balaban J connectivity index is 3.08. The van der Waals surface area contributed by atoms with Gasteiger partial charge in [-0.2, -0.15) is 0 Å². The van der Waals surface area contributed by atoms with Crippen LogP contribution in [0.4, 0.5) is 0 Å². The first-order valence-corrected chi connectivity index (χ1v) is 13.2. The molecule has 0 fully saturated rings. The van der Waals surface area contributed by atoms with Crippen molar-refractivity contribution in [2.45, 2.75) is 51.9 Å². The smallest absolute Gasteiger partial charge is 0.146 e. The van der Waals surface area contributed by atoms with Crippen LogP contribution in [0, 0.1) is 0 Å². The molecule has 1 heterocycles.